The lowest BCUT2D eigenvalue weighted by molar-refractivity contribution is 0.413. The van der Waals surface area contributed by atoms with Crippen LogP contribution in [0.3, 0.4) is 0 Å². The lowest BCUT2D eigenvalue weighted by Crippen LogP contribution is -2.16. The van der Waals surface area contributed by atoms with Crippen molar-refractivity contribution in [2.45, 2.75) is 20.0 Å². The number of aromatic nitrogens is 4. The number of anilines is 1. The van der Waals surface area contributed by atoms with Crippen LogP contribution in [0.4, 0.5) is 5.82 Å². The highest BCUT2D eigenvalue weighted by Gasteiger charge is 2.20. The van der Waals surface area contributed by atoms with E-state index in [1.165, 1.54) is 11.1 Å². The molecule has 0 amide bonds. The van der Waals surface area contributed by atoms with Gasteiger partial charge >= 0.3 is 0 Å². The fourth-order valence-corrected chi connectivity index (χ4v) is 3.75. The molecule has 1 aliphatic heterocycles. The molecule has 6 heteroatoms. The van der Waals surface area contributed by atoms with Gasteiger partial charge in [-0.2, -0.15) is 0 Å². The number of fused-ring (bicyclic) bond motifs is 1. The number of imidazole rings is 1. The number of benzene rings is 2. The van der Waals surface area contributed by atoms with E-state index in [1.54, 1.807) is 13.4 Å². The van der Waals surface area contributed by atoms with Crippen LogP contribution in [0.2, 0.25) is 0 Å². The van der Waals surface area contributed by atoms with Crippen molar-refractivity contribution in [2.75, 3.05) is 12.0 Å². The molecule has 0 saturated heterocycles. The van der Waals surface area contributed by atoms with E-state index in [1.807, 2.05) is 48.0 Å². The van der Waals surface area contributed by atoms with Gasteiger partial charge in [-0.1, -0.05) is 30.3 Å². The second-order valence-electron chi connectivity index (χ2n) is 7.21. The van der Waals surface area contributed by atoms with E-state index < -0.39 is 0 Å². The maximum Gasteiger partial charge on any atom is 0.151 e. The summed E-state index contributed by atoms with van der Waals surface area (Å²) in [7, 11) is 1.67. The van der Waals surface area contributed by atoms with Crippen LogP contribution in [0, 0.1) is 6.92 Å². The number of ether oxygens (including phenoxy) is 1. The van der Waals surface area contributed by atoms with Gasteiger partial charge < -0.3 is 14.2 Å². The molecule has 1 aliphatic rings. The fraction of sp³-hybridized carbons (Fsp3) is 0.174. The predicted octanol–water partition coefficient (Wildman–Crippen LogP) is 4.17. The third kappa shape index (κ3) is 3.23. The van der Waals surface area contributed by atoms with Crippen LogP contribution in [-0.4, -0.2) is 26.9 Å². The maximum atomic E-state index is 5.61. The molecule has 5 rings (SSSR count). The second kappa shape index (κ2) is 7.05. The standard InChI is InChI=1S/C23H21N5O/c1-16-12-28(15-24-16)21-9-7-17(11-22(21)29-2)20-8-10-23(26-25-20)27-13-18-5-3-4-6-19(18)14-27/h3-12,15H,13-14H2,1-2H3. The summed E-state index contributed by atoms with van der Waals surface area (Å²) < 4.78 is 7.56. The van der Waals surface area contributed by atoms with Gasteiger partial charge in [0.25, 0.3) is 0 Å². The lowest BCUT2D eigenvalue weighted by Gasteiger charge is -2.16. The summed E-state index contributed by atoms with van der Waals surface area (Å²) in [5.74, 6) is 1.66. The van der Waals surface area contributed by atoms with Crippen molar-refractivity contribution in [1.82, 2.24) is 19.7 Å². The molecule has 0 spiro atoms. The molecule has 0 atom stereocenters. The zero-order chi connectivity index (χ0) is 19.8. The lowest BCUT2D eigenvalue weighted by atomic mass is 10.1. The van der Waals surface area contributed by atoms with Crippen LogP contribution in [-0.2, 0) is 13.1 Å². The van der Waals surface area contributed by atoms with Crippen molar-refractivity contribution in [2.24, 2.45) is 0 Å². The minimum Gasteiger partial charge on any atom is -0.495 e. The third-order valence-corrected chi connectivity index (χ3v) is 5.28. The van der Waals surface area contributed by atoms with Crippen LogP contribution in [0.5, 0.6) is 5.75 Å². The smallest absolute Gasteiger partial charge is 0.151 e. The predicted molar refractivity (Wildman–Crippen MR) is 112 cm³/mol. The molecule has 0 unspecified atom stereocenters. The highest BCUT2D eigenvalue weighted by atomic mass is 16.5. The molecule has 3 heterocycles. The van der Waals surface area contributed by atoms with Crippen LogP contribution in [0.1, 0.15) is 16.8 Å². The van der Waals surface area contributed by atoms with Crippen LogP contribution < -0.4 is 9.64 Å². The monoisotopic (exact) mass is 383 g/mol. The van der Waals surface area contributed by atoms with E-state index >= 15 is 0 Å². The number of aryl methyl sites for hydroxylation is 1. The van der Waals surface area contributed by atoms with Gasteiger partial charge in [-0.15, -0.1) is 10.2 Å². The van der Waals surface area contributed by atoms with Gasteiger partial charge in [0.05, 0.1) is 30.5 Å². The van der Waals surface area contributed by atoms with Crippen molar-refractivity contribution in [3.63, 3.8) is 0 Å². The first-order chi connectivity index (χ1) is 14.2. The Bertz CT molecular complexity index is 1140. The number of methoxy groups -OCH3 is 1. The molecule has 0 radical (unpaired) electrons. The van der Waals surface area contributed by atoms with E-state index in [9.17, 15) is 0 Å². The van der Waals surface area contributed by atoms with Gasteiger partial charge in [-0.05, 0) is 42.3 Å². The number of hydrogen-bond acceptors (Lipinski definition) is 5. The molecular formula is C23H21N5O. The minimum atomic E-state index is 0.765. The first-order valence-corrected chi connectivity index (χ1v) is 9.56. The maximum absolute atomic E-state index is 5.61. The Kier molecular flexibility index (Phi) is 4.24. The van der Waals surface area contributed by atoms with Crippen molar-refractivity contribution in [1.29, 1.82) is 0 Å². The van der Waals surface area contributed by atoms with E-state index in [0.29, 0.717) is 0 Å². The van der Waals surface area contributed by atoms with E-state index in [4.69, 9.17) is 4.74 Å². The molecule has 0 saturated carbocycles. The van der Waals surface area contributed by atoms with Gasteiger partial charge in [-0.3, -0.25) is 0 Å². The second-order valence-corrected chi connectivity index (χ2v) is 7.21. The summed E-state index contributed by atoms with van der Waals surface area (Å²) in [6.07, 6.45) is 3.76. The number of rotatable bonds is 4. The Morgan fingerprint density at radius 3 is 2.34 bits per heavy atom. The minimum absolute atomic E-state index is 0.765. The zero-order valence-electron chi connectivity index (χ0n) is 16.4. The Morgan fingerprint density at radius 2 is 1.72 bits per heavy atom. The molecule has 0 fully saturated rings. The molecule has 0 N–H and O–H groups in total. The summed E-state index contributed by atoms with van der Waals surface area (Å²) in [6.45, 7) is 3.71. The Balaban J connectivity index is 1.40. The molecule has 0 aliphatic carbocycles. The van der Waals surface area contributed by atoms with Gasteiger partial charge in [-0.25, -0.2) is 4.98 Å². The van der Waals surface area contributed by atoms with Crippen molar-refractivity contribution >= 4 is 5.82 Å². The molecule has 0 bridgehead atoms. The molecule has 29 heavy (non-hydrogen) atoms. The van der Waals surface area contributed by atoms with E-state index in [-0.39, 0.29) is 0 Å². The van der Waals surface area contributed by atoms with Crippen molar-refractivity contribution in [3.05, 3.63) is 83.9 Å². The topological polar surface area (TPSA) is 56.1 Å². The Hall–Kier alpha value is -3.67. The van der Waals surface area contributed by atoms with Gasteiger partial charge in [0.2, 0.25) is 0 Å². The molecule has 144 valence electrons. The molecule has 2 aromatic carbocycles. The number of nitrogens with zero attached hydrogens (tertiary/aromatic N) is 5. The zero-order valence-corrected chi connectivity index (χ0v) is 16.4. The summed E-state index contributed by atoms with van der Waals surface area (Å²) >= 11 is 0. The van der Waals surface area contributed by atoms with E-state index in [0.717, 1.165) is 47.3 Å². The largest absolute Gasteiger partial charge is 0.495 e. The van der Waals surface area contributed by atoms with Crippen molar-refractivity contribution in [3.8, 4) is 22.7 Å². The highest BCUT2D eigenvalue weighted by molar-refractivity contribution is 5.66. The van der Waals surface area contributed by atoms with E-state index in [2.05, 4.69) is 44.3 Å². The average molecular weight is 383 g/mol. The normalized spacial score (nSPS) is 12.8. The Labute approximate surface area is 169 Å². The summed E-state index contributed by atoms with van der Waals surface area (Å²) in [4.78, 5) is 6.53. The van der Waals surface area contributed by atoms with Gasteiger partial charge in [0.1, 0.15) is 5.75 Å². The van der Waals surface area contributed by atoms with Gasteiger partial charge in [0.15, 0.2) is 5.82 Å². The molecule has 6 nitrogen and oxygen atoms in total. The first kappa shape index (κ1) is 17.4. The van der Waals surface area contributed by atoms with Crippen LogP contribution in [0.25, 0.3) is 16.9 Å². The first-order valence-electron chi connectivity index (χ1n) is 9.56. The van der Waals surface area contributed by atoms with Gasteiger partial charge in [0, 0.05) is 24.8 Å². The molecule has 2 aromatic heterocycles. The Morgan fingerprint density at radius 1 is 0.931 bits per heavy atom. The highest BCUT2D eigenvalue weighted by Crippen LogP contribution is 2.30. The summed E-state index contributed by atoms with van der Waals surface area (Å²) in [5.41, 5.74) is 6.39. The quantitative estimate of drug-likeness (QED) is 0.529. The van der Waals surface area contributed by atoms with Crippen LogP contribution in [0.15, 0.2) is 67.1 Å². The third-order valence-electron chi connectivity index (χ3n) is 5.28. The fourth-order valence-electron chi connectivity index (χ4n) is 3.75. The van der Waals surface area contributed by atoms with Crippen LogP contribution >= 0.6 is 0 Å². The number of hydrogen-bond donors (Lipinski definition) is 0. The molecular weight excluding hydrogens is 362 g/mol. The van der Waals surface area contributed by atoms with Crippen molar-refractivity contribution < 1.29 is 4.74 Å². The summed E-state index contributed by atoms with van der Waals surface area (Å²) in [6, 6.07) is 18.6. The molecule has 4 aromatic rings. The summed E-state index contributed by atoms with van der Waals surface area (Å²) in [5, 5.41) is 8.95. The average Bonchev–Trinajstić information content (AvgIpc) is 3.39. The SMILES string of the molecule is COc1cc(-c2ccc(N3Cc4ccccc4C3)nn2)ccc1-n1cnc(C)c1.